The molecule has 16 heteroatoms. The minimum absolute atomic E-state index is 0.149. The highest BCUT2D eigenvalue weighted by Gasteiger charge is 2.38. The Hall–Kier alpha value is -3.78. The van der Waals surface area contributed by atoms with Crippen molar-refractivity contribution < 1.29 is 47.3 Å². The van der Waals surface area contributed by atoms with Gasteiger partial charge in [0.05, 0.1) is 19.1 Å². The first kappa shape index (κ1) is 32.2. The Bertz CT molecular complexity index is 1070. The average Bonchev–Trinajstić information content (AvgIpc) is 2.81. The van der Waals surface area contributed by atoms with Crippen LogP contribution < -0.4 is 16.0 Å². The van der Waals surface area contributed by atoms with Crippen LogP contribution in [0.25, 0.3) is 0 Å². The lowest BCUT2D eigenvalue weighted by atomic mass is 10.0. The fourth-order valence-electron chi connectivity index (χ4n) is 2.57. The Balaban J connectivity index is 0.000000905. The lowest BCUT2D eigenvalue weighted by molar-refractivity contribution is -0.192. The van der Waals surface area contributed by atoms with Gasteiger partial charge in [-0.15, -0.1) is 0 Å². The van der Waals surface area contributed by atoms with Crippen molar-refractivity contribution in [2.45, 2.75) is 25.1 Å². The molecule has 0 saturated heterocycles. The number of nitrogens with one attached hydrogen (secondary N) is 3. The second-order valence-electron chi connectivity index (χ2n) is 7.21. The van der Waals surface area contributed by atoms with Gasteiger partial charge in [-0.05, 0) is 42.3 Å². The van der Waals surface area contributed by atoms with Crippen LogP contribution >= 0.6 is 23.2 Å². The molecule has 0 aliphatic rings. The molecule has 11 nitrogen and oxygen atoms in total. The molecule has 38 heavy (non-hydrogen) atoms. The molecule has 2 amide bonds. The zero-order valence-electron chi connectivity index (χ0n) is 19.4. The Morgan fingerprint density at radius 1 is 1.05 bits per heavy atom. The Morgan fingerprint density at radius 3 is 2.21 bits per heavy atom. The van der Waals surface area contributed by atoms with Gasteiger partial charge in [0.2, 0.25) is 5.91 Å². The van der Waals surface area contributed by atoms with Crippen molar-refractivity contribution in [3.8, 4) is 0 Å². The van der Waals surface area contributed by atoms with Crippen LogP contribution in [0.4, 0.5) is 23.8 Å². The first-order chi connectivity index (χ1) is 17.8. The highest BCUT2D eigenvalue weighted by molar-refractivity contribution is 6.34. The maximum atomic E-state index is 12.2. The van der Waals surface area contributed by atoms with Crippen LogP contribution in [0, 0.1) is 0 Å². The van der Waals surface area contributed by atoms with E-state index in [2.05, 4.69) is 20.9 Å². The van der Waals surface area contributed by atoms with Crippen LogP contribution in [0.3, 0.4) is 0 Å². The monoisotopic (exact) mass is 582 g/mol. The fraction of sp³-hybridized carbons (Fsp3) is 0.318. The Labute approximate surface area is 224 Å². The number of aliphatic carboxylic acids is 2. The lowest BCUT2D eigenvalue weighted by Gasteiger charge is -2.18. The maximum absolute atomic E-state index is 12.2. The number of amides is 2. The first-order valence-electron chi connectivity index (χ1n) is 10.6. The summed E-state index contributed by atoms with van der Waals surface area (Å²) in [5.74, 6) is -3.74. The molecule has 1 unspecified atom stereocenters. The number of alkyl carbamates (subject to hydrolysis) is 1. The standard InChI is InChI=1S/C20H22Cl2N4O5.C2HF3O2/c21-14-8-13(9-15(22)10-14)16(11-19(28)29)26-18(27)12-25-20(30)31-7-3-6-24-17-4-1-2-5-23-17;3-2(4,5)1(6)7/h1-2,4-5,8-10,16H,3,6-7,11-12H2,(H,23,24)(H,25,30)(H,26,27)(H,28,29);(H,6,7). The zero-order chi connectivity index (χ0) is 28.7. The van der Waals surface area contributed by atoms with Crippen molar-refractivity contribution in [3.63, 3.8) is 0 Å². The maximum Gasteiger partial charge on any atom is 0.490 e. The van der Waals surface area contributed by atoms with Crippen LogP contribution in [0.15, 0.2) is 42.6 Å². The number of carboxylic acids is 2. The molecule has 1 aromatic heterocycles. The summed E-state index contributed by atoms with van der Waals surface area (Å²) in [5.41, 5.74) is 0.441. The SMILES string of the molecule is O=C(O)C(F)(F)F.O=C(O)CC(NC(=O)CNC(=O)OCCCNc1ccccn1)c1cc(Cl)cc(Cl)c1. The average molecular weight is 583 g/mol. The summed E-state index contributed by atoms with van der Waals surface area (Å²) in [5, 5.41) is 24.8. The normalized spacial score (nSPS) is 11.3. The number of ether oxygens (including phenoxy) is 1. The smallest absolute Gasteiger partial charge is 0.481 e. The third-order valence-corrected chi connectivity index (χ3v) is 4.60. The molecular formula is C22H23Cl2F3N4O7. The molecule has 2 rings (SSSR count). The number of halogens is 5. The van der Waals surface area contributed by atoms with E-state index in [-0.39, 0.29) is 19.6 Å². The number of carbonyl (C=O) groups is 4. The van der Waals surface area contributed by atoms with E-state index in [9.17, 15) is 27.6 Å². The number of rotatable bonds is 11. The highest BCUT2D eigenvalue weighted by Crippen LogP contribution is 2.25. The van der Waals surface area contributed by atoms with Crippen molar-refractivity contribution in [2.24, 2.45) is 0 Å². The van der Waals surface area contributed by atoms with Gasteiger partial charge in [-0.25, -0.2) is 14.6 Å². The summed E-state index contributed by atoms with van der Waals surface area (Å²) < 4.78 is 36.7. The minimum atomic E-state index is -5.08. The number of aromatic nitrogens is 1. The number of hydrogen-bond acceptors (Lipinski definition) is 7. The molecule has 0 aliphatic carbocycles. The predicted molar refractivity (Wildman–Crippen MR) is 130 cm³/mol. The summed E-state index contributed by atoms with van der Waals surface area (Å²) in [6.45, 7) is 0.329. The molecule has 1 aromatic carbocycles. The first-order valence-corrected chi connectivity index (χ1v) is 11.4. The van der Waals surface area contributed by atoms with E-state index < -0.39 is 36.2 Å². The number of carbonyl (C=O) groups excluding carboxylic acids is 2. The minimum Gasteiger partial charge on any atom is -0.481 e. The van der Waals surface area contributed by atoms with Gasteiger partial charge >= 0.3 is 24.2 Å². The number of pyridine rings is 1. The largest absolute Gasteiger partial charge is 0.490 e. The van der Waals surface area contributed by atoms with Crippen LogP contribution in [-0.4, -0.2) is 65.0 Å². The number of alkyl halides is 3. The number of nitrogens with zero attached hydrogens (tertiary/aromatic N) is 1. The molecule has 0 bridgehead atoms. The third-order valence-electron chi connectivity index (χ3n) is 4.16. The molecule has 0 fully saturated rings. The summed E-state index contributed by atoms with van der Waals surface area (Å²) in [6, 6.07) is 9.15. The molecule has 1 heterocycles. The Morgan fingerprint density at radius 2 is 1.68 bits per heavy atom. The van der Waals surface area contributed by atoms with Gasteiger partial charge < -0.3 is 30.9 Å². The van der Waals surface area contributed by atoms with E-state index in [1.54, 1.807) is 6.20 Å². The van der Waals surface area contributed by atoms with Gasteiger partial charge in [0.25, 0.3) is 0 Å². The summed E-state index contributed by atoms with van der Waals surface area (Å²) in [6.07, 6.45) is -4.00. The van der Waals surface area contributed by atoms with Crippen LogP contribution in [0.2, 0.25) is 10.0 Å². The van der Waals surface area contributed by atoms with E-state index in [4.69, 9.17) is 42.9 Å². The molecule has 208 valence electrons. The van der Waals surface area contributed by atoms with E-state index in [0.29, 0.717) is 28.6 Å². The van der Waals surface area contributed by atoms with Gasteiger partial charge in [-0.1, -0.05) is 29.3 Å². The van der Waals surface area contributed by atoms with E-state index >= 15 is 0 Å². The van der Waals surface area contributed by atoms with Crippen LogP contribution in [0.5, 0.6) is 0 Å². The lowest BCUT2D eigenvalue weighted by Crippen LogP contribution is -2.39. The summed E-state index contributed by atoms with van der Waals surface area (Å²) in [7, 11) is 0. The van der Waals surface area contributed by atoms with Crippen LogP contribution in [-0.2, 0) is 19.1 Å². The van der Waals surface area contributed by atoms with Crippen molar-refractivity contribution in [2.75, 3.05) is 25.0 Å². The second kappa shape index (κ2) is 16.1. The van der Waals surface area contributed by atoms with Crippen LogP contribution in [0.1, 0.15) is 24.4 Å². The van der Waals surface area contributed by atoms with E-state index in [1.165, 1.54) is 18.2 Å². The molecule has 0 saturated carbocycles. The molecule has 2 aromatic rings. The van der Waals surface area contributed by atoms with Gasteiger partial charge in [-0.2, -0.15) is 13.2 Å². The quantitative estimate of drug-likeness (QED) is 0.247. The summed E-state index contributed by atoms with van der Waals surface area (Å²) in [4.78, 5) is 48.0. The number of anilines is 1. The molecular weight excluding hydrogens is 560 g/mol. The molecule has 0 spiro atoms. The van der Waals surface area contributed by atoms with Gasteiger partial charge in [0.15, 0.2) is 0 Å². The highest BCUT2D eigenvalue weighted by atomic mass is 35.5. The number of benzene rings is 1. The summed E-state index contributed by atoms with van der Waals surface area (Å²) >= 11 is 11.9. The van der Waals surface area contributed by atoms with Crippen molar-refractivity contribution in [1.82, 2.24) is 15.6 Å². The predicted octanol–water partition coefficient (Wildman–Crippen LogP) is 3.88. The molecule has 0 radical (unpaired) electrons. The molecule has 5 N–H and O–H groups in total. The number of carboxylic acid groups (broad SMARTS) is 2. The van der Waals surface area contributed by atoms with Gasteiger partial charge in [-0.3, -0.25) is 9.59 Å². The van der Waals surface area contributed by atoms with Crippen molar-refractivity contribution in [1.29, 1.82) is 0 Å². The molecule has 0 aliphatic heterocycles. The van der Waals surface area contributed by atoms with Gasteiger partial charge in [0.1, 0.15) is 12.4 Å². The third kappa shape index (κ3) is 14.1. The molecule has 1 atom stereocenters. The van der Waals surface area contributed by atoms with Crippen molar-refractivity contribution >= 4 is 53.0 Å². The Kier molecular flexibility index (Phi) is 13.7. The van der Waals surface area contributed by atoms with E-state index in [1.807, 2.05) is 18.2 Å². The van der Waals surface area contributed by atoms with E-state index in [0.717, 1.165) is 5.82 Å². The number of hydrogen-bond donors (Lipinski definition) is 5. The van der Waals surface area contributed by atoms with Gasteiger partial charge in [0, 0.05) is 22.8 Å². The topological polar surface area (TPSA) is 167 Å². The fourth-order valence-corrected chi connectivity index (χ4v) is 3.12. The zero-order valence-corrected chi connectivity index (χ0v) is 20.9. The second-order valence-corrected chi connectivity index (χ2v) is 8.08. The van der Waals surface area contributed by atoms with Crippen molar-refractivity contribution in [3.05, 3.63) is 58.2 Å².